The lowest BCUT2D eigenvalue weighted by molar-refractivity contribution is -0.138. The Balaban J connectivity index is 2.35. The van der Waals surface area contributed by atoms with E-state index >= 15 is 0 Å². The molecule has 2 aromatic rings. The molecule has 0 aromatic heterocycles. The van der Waals surface area contributed by atoms with E-state index in [-0.39, 0.29) is 11.8 Å². The van der Waals surface area contributed by atoms with Crippen molar-refractivity contribution in [1.82, 2.24) is 0 Å². The predicted molar refractivity (Wildman–Crippen MR) is 70.8 cm³/mol. The van der Waals surface area contributed by atoms with E-state index in [1.807, 2.05) is 0 Å². The van der Waals surface area contributed by atoms with Crippen molar-refractivity contribution >= 4 is 23.2 Å². The van der Waals surface area contributed by atoms with Crippen LogP contribution in [0.4, 0.5) is 23.2 Å². The van der Waals surface area contributed by atoms with Crippen molar-refractivity contribution in [2.24, 2.45) is 0 Å². The Bertz CT molecular complexity index is 685. The van der Waals surface area contributed by atoms with Gasteiger partial charge in [-0.3, -0.25) is 4.79 Å². The van der Waals surface area contributed by atoms with Gasteiger partial charge in [-0.15, -0.1) is 0 Å². The molecule has 0 spiro atoms. The molecular formula is C14H8ClF4NO. The Morgan fingerprint density at radius 1 is 1.10 bits per heavy atom. The summed E-state index contributed by atoms with van der Waals surface area (Å²) in [5.41, 5.74) is -1.75. The van der Waals surface area contributed by atoms with Gasteiger partial charge in [-0.25, -0.2) is 4.39 Å². The van der Waals surface area contributed by atoms with Crippen molar-refractivity contribution in [3.63, 3.8) is 0 Å². The summed E-state index contributed by atoms with van der Waals surface area (Å²) in [4.78, 5) is 11.9. The Morgan fingerprint density at radius 3 is 2.43 bits per heavy atom. The topological polar surface area (TPSA) is 29.1 Å². The van der Waals surface area contributed by atoms with Crippen LogP contribution < -0.4 is 5.32 Å². The number of halogens is 5. The summed E-state index contributed by atoms with van der Waals surface area (Å²) < 4.78 is 51.4. The lowest BCUT2D eigenvalue weighted by Gasteiger charge is -2.13. The number of carbonyl (C=O) groups excluding carboxylic acids is 1. The van der Waals surface area contributed by atoms with Crippen molar-refractivity contribution < 1.29 is 22.4 Å². The molecular weight excluding hydrogens is 310 g/mol. The maximum absolute atomic E-state index is 13.0. The molecule has 0 unspecified atom stereocenters. The molecule has 0 aliphatic heterocycles. The van der Waals surface area contributed by atoms with E-state index in [0.717, 1.165) is 12.1 Å². The lowest BCUT2D eigenvalue weighted by Crippen LogP contribution is -2.19. The second-order valence-electron chi connectivity index (χ2n) is 4.15. The molecule has 0 fully saturated rings. The van der Waals surface area contributed by atoms with Crippen LogP contribution in [-0.4, -0.2) is 5.91 Å². The van der Waals surface area contributed by atoms with Crippen LogP contribution in [0.5, 0.6) is 0 Å². The Kier molecular flexibility index (Phi) is 4.18. The van der Waals surface area contributed by atoms with Gasteiger partial charge in [0.25, 0.3) is 5.91 Å². The summed E-state index contributed by atoms with van der Waals surface area (Å²) in [5, 5.41) is 2.61. The average Bonchev–Trinajstić information content (AvgIpc) is 2.37. The minimum Gasteiger partial charge on any atom is -0.322 e. The maximum Gasteiger partial charge on any atom is 0.417 e. The molecule has 2 rings (SSSR count). The standard InChI is InChI=1S/C14H8ClF4NO/c15-8-2-1-3-10(6-8)20-13(21)11-5-4-9(16)7-12(11)14(17,18)19/h1-7H,(H,20,21). The van der Waals surface area contributed by atoms with Crippen molar-refractivity contribution in [3.8, 4) is 0 Å². The van der Waals surface area contributed by atoms with Crippen LogP contribution in [0.25, 0.3) is 0 Å². The molecule has 2 aromatic carbocycles. The van der Waals surface area contributed by atoms with Gasteiger partial charge >= 0.3 is 6.18 Å². The second kappa shape index (κ2) is 5.73. The number of rotatable bonds is 2. The minimum absolute atomic E-state index is 0.241. The van der Waals surface area contributed by atoms with Gasteiger partial charge in [-0.2, -0.15) is 13.2 Å². The average molecular weight is 318 g/mol. The van der Waals surface area contributed by atoms with Gasteiger partial charge in [0.15, 0.2) is 0 Å². The van der Waals surface area contributed by atoms with Gasteiger partial charge in [0.2, 0.25) is 0 Å². The summed E-state index contributed by atoms with van der Waals surface area (Å²) in [6.45, 7) is 0. The first-order valence-electron chi connectivity index (χ1n) is 5.71. The zero-order valence-electron chi connectivity index (χ0n) is 10.3. The SMILES string of the molecule is O=C(Nc1cccc(Cl)c1)c1ccc(F)cc1C(F)(F)F. The van der Waals surface area contributed by atoms with E-state index in [1.54, 1.807) is 6.07 Å². The molecule has 1 amide bonds. The van der Waals surface area contributed by atoms with Gasteiger partial charge in [0.1, 0.15) is 5.82 Å². The highest BCUT2D eigenvalue weighted by molar-refractivity contribution is 6.31. The fourth-order valence-electron chi connectivity index (χ4n) is 1.71. The molecule has 0 aliphatic carbocycles. The van der Waals surface area contributed by atoms with Crippen molar-refractivity contribution in [1.29, 1.82) is 0 Å². The van der Waals surface area contributed by atoms with Crippen LogP contribution in [0.15, 0.2) is 42.5 Å². The third-order valence-electron chi connectivity index (χ3n) is 2.61. The van der Waals surface area contributed by atoms with Crippen molar-refractivity contribution in [2.45, 2.75) is 6.18 Å². The van der Waals surface area contributed by atoms with Crippen LogP contribution in [0.1, 0.15) is 15.9 Å². The fourth-order valence-corrected chi connectivity index (χ4v) is 1.90. The summed E-state index contributed by atoms with van der Waals surface area (Å²) >= 11 is 5.72. The van der Waals surface area contributed by atoms with Gasteiger partial charge in [-0.1, -0.05) is 17.7 Å². The summed E-state index contributed by atoms with van der Waals surface area (Å²) in [6, 6.07) is 7.81. The smallest absolute Gasteiger partial charge is 0.322 e. The number of hydrogen-bond acceptors (Lipinski definition) is 1. The Hall–Kier alpha value is -2.08. The highest BCUT2D eigenvalue weighted by atomic mass is 35.5. The quantitative estimate of drug-likeness (QED) is 0.796. The first kappa shape index (κ1) is 15.3. The molecule has 110 valence electrons. The number of carbonyl (C=O) groups is 1. The zero-order valence-corrected chi connectivity index (χ0v) is 11.1. The lowest BCUT2D eigenvalue weighted by atomic mass is 10.1. The summed E-state index contributed by atoms with van der Waals surface area (Å²) in [5.74, 6) is -2.06. The first-order chi connectivity index (χ1) is 9.77. The number of alkyl halides is 3. The van der Waals surface area contributed by atoms with Gasteiger partial charge in [0.05, 0.1) is 11.1 Å². The van der Waals surface area contributed by atoms with Gasteiger partial charge in [0, 0.05) is 10.7 Å². The van der Waals surface area contributed by atoms with Crippen LogP contribution in [0.2, 0.25) is 5.02 Å². The van der Waals surface area contributed by atoms with E-state index in [9.17, 15) is 22.4 Å². The van der Waals surface area contributed by atoms with Crippen molar-refractivity contribution in [3.05, 3.63) is 64.4 Å². The number of nitrogens with one attached hydrogen (secondary N) is 1. The molecule has 0 radical (unpaired) electrons. The van der Waals surface area contributed by atoms with Crippen LogP contribution >= 0.6 is 11.6 Å². The van der Waals surface area contributed by atoms with E-state index in [0.29, 0.717) is 5.02 Å². The Labute approximate surface area is 122 Å². The maximum atomic E-state index is 13.0. The van der Waals surface area contributed by atoms with Crippen LogP contribution in [0, 0.1) is 5.82 Å². The highest BCUT2D eigenvalue weighted by Gasteiger charge is 2.35. The van der Waals surface area contributed by atoms with Crippen LogP contribution in [0.3, 0.4) is 0 Å². The molecule has 0 bridgehead atoms. The molecule has 21 heavy (non-hydrogen) atoms. The van der Waals surface area contributed by atoms with E-state index in [2.05, 4.69) is 5.32 Å². The van der Waals surface area contributed by atoms with Crippen molar-refractivity contribution in [2.75, 3.05) is 5.32 Å². The molecule has 1 N–H and O–H groups in total. The fraction of sp³-hybridized carbons (Fsp3) is 0.0714. The molecule has 2 nitrogen and oxygen atoms in total. The second-order valence-corrected chi connectivity index (χ2v) is 4.59. The minimum atomic E-state index is -4.83. The largest absolute Gasteiger partial charge is 0.417 e. The molecule has 0 saturated carbocycles. The first-order valence-corrected chi connectivity index (χ1v) is 6.09. The number of amides is 1. The third-order valence-corrected chi connectivity index (χ3v) is 2.85. The van der Waals surface area contributed by atoms with Gasteiger partial charge in [-0.05, 0) is 36.4 Å². The number of benzene rings is 2. The number of anilines is 1. The van der Waals surface area contributed by atoms with E-state index in [4.69, 9.17) is 11.6 Å². The molecule has 7 heteroatoms. The molecule has 0 heterocycles. The Morgan fingerprint density at radius 2 is 1.81 bits per heavy atom. The highest BCUT2D eigenvalue weighted by Crippen LogP contribution is 2.33. The third kappa shape index (κ3) is 3.72. The van der Waals surface area contributed by atoms with Gasteiger partial charge < -0.3 is 5.32 Å². The summed E-state index contributed by atoms with van der Waals surface area (Å²) in [7, 11) is 0. The number of hydrogen-bond donors (Lipinski definition) is 1. The molecule has 0 aliphatic rings. The zero-order chi connectivity index (χ0) is 15.6. The molecule has 0 saturated heterocycles. The van der Waals surface area contributed by atoms with E-state index < -0.39 is 29.0 Å². The summed E-state index contributed by atoms with van der Waals surface area (Å²) in [6.07, 6.45) is -4.83. The monoisotopic (exact) mass is 317 g/mol. The predicted octanol–water partition coefficient (Wildman–Crippen LogP) is 4.75. The molecule has 0 atom stereocenters. The van der Waals surface area contributed by atoms with Crippen LogP contribution in [-0.2, 0) is 6.18 Å². The van der Waals surface area contributed by atoms with E-state index in [1.165, 1.54) is 18.2 Å². The normalized spacial score (nSPS) is 11.3.